The molecule has 0 saturated carbocycles. The number of rotatable bonds is 9. The third-order valence-corrected chi connectivity index (χ3v) is 7.54. The van der Waals surface area contributed by atoms with Gasteiger partial charge in [0.15, 0.2) is 0 Å². The van der Waals surface area contributed by atoms with Crippen LogP contribution in [0, 0.1) is 0 Å². The molecular weight excluding hydrogens is 551 g/mol. The van der Waals surface area contributed by atoms with Gasteiger partial charge in [-0.3, -0.25) is 0 Å². The van der Waals surface area contributed by atoms with Crippen LogP contribution >= 0.6 is 11.6 Å². The number of ether oxygens (including phenoxy) is 2. The van der Waals surface area contributed by atoms with Crippen LogP contribution < -0.4 is 36.8 Å². The van der Waals surface area contributed by atoms with Crippen LogP contribution in [0.25, 0.3) is 10.9 Å². The number of para-hydroxylation sites is 1. The maximum atomic E-state index is 13.3. The standard InChI is InChI=1S/C26H25ClIN2O3/c1-32-24-10-7-19(15-28-16-24)17-29-18-21-13-20-8-9-22(27)14-25(20)30(26(21)31)11-12-33-23-5-3-2-4-6-23/h2-10,13-16,29H,11-12,17-18H2,1H3/q-1. The molecule has 1 aliphatic rings. The van der Waals surface area contributed by atoms with E-state index in [2.05, 4.69) is 19.6 Å². The van der Waals surface area contributed by atoms with Gasteiger partial charge in [0, 0.05) is 0 Å². The molecular formula is C26H25ClIN2O3-. The summed E-state index contributed by atoms with van der Waals surface area (Å²) in [5.41, 5.74) is 2.70. The Labute approximate surface area is 208 Å². The molecule has 1 aromatic heterocycles. The minimum atomic E-state index is -0.182. The average Bonchev–Trinajstić information content (AvgIpc) is 3.07. The van der Waals surface area contributed by atoms with Crippen LogP contribution in [0.15, 0.2) is 91.0 Å². The van der Waals surface area contributed by atoms with Crippen LogP contribution in [-0.2, 0) is 17.8 Å². The van der Waals surface area contributed by atoms with Gasteiger partial charge in [-0.25, -0.2) is 0 Å². The van der Waals surface area contributed by atoms with Gasteiger partial charge in [0.1, 0.15) is 0 Å². The van der Waals surface area contributed by atoms with E-state index in [1.165, 1.54) is 5.57 Å². The Hall–Kier alpha value is -2.55. The summed E-state index contributed by atoms with van der Waals surface area (Å²) in [5.74, 6) is 1.69. The first-order chi connectivity index (χ1) is 16.1. The fraction of sp³-hybridized carbons (Fsp3) is 0.192. The van der Waals surface area contributed by atoms with Crippen molar-refractivity contribution in [1.29, 1.82) is 0 Å². The van der Waals surface area contributed by atoms with Gasteiger partial charge in [0.2, 0.25) is 0 Å². The molecule has 0 bridgehead atoms. The molecule has 33 heavy (non-hydrogen) atoms. The Kier molecular flexibility index (Phi) is 8.25. The quantitative estimate of drug-likeness (QED) is 0.396. The zero-order chi connectivity index (χ0) is 23.0. The fourth-order valence-electron chi connectivity index (χ4n) is 3.51. The SMILES string of the molecule is COC1=C[I-]C=C(CNCc2cc3ccc(Cl)cc3n(CCOc3ccccc3)c2=O)C=C1. The molecule has 0 atom stereocenters. The average molecular weight is 576 g/mol. The molecule has 0 saturated heterocycles. The van der Waals surface area contributed by atoms with E-state index in [0.29, 0.717) is 36.8 Å². The molecule has 0 radical (unpaired) electrons. The van der Waals surface area contributed by atoms with Crippen molar-refractivity contribution in [2.45, 2.75) is 13.1 Å². The Bertz CT molecular complexity index is 1270. The number of hydrogen-bond acceptors (Lipinski definition) is 4. The van der Waals surface area contributed by atoms with Crippen molar-refractivity contribution in [2.24, 2.45) is 0 Å². The second-order valence-corrected chi connectivity index (χ2v) is 9.85. The molecule has 0 fully saturated rings. The molecule has 0 unspecified atom stereocenters. The predicted molar refractivity (Wildman–Crippen MR) is 129 cm³/mol. The number of hydrogen-bond donors (Lipinski definition) is 1. The third-order valence-electron chi connectivity index (χ3n) is 5.18. The number of fused-ring (bicyclic) bond motifs is 1. The molecule has 0 aliphatic carbocycles. The van der Waals surface area contributed by atoms with Crippen LogP contribution in [0.5, 0.6) is 5.75 Å². The zero-order valence-corrected chi connectivity index (χ0v) is 21.2. The van der Waals surface area contributed by atoms with E-state index in [9.17, 15) is 4.79 Å². The Balaban J connectivity index is 1.50. The molecule has 7 heteroatoms. The summed E-state index contributed by atoms with van der Waals surface area (Å²) in [7, 11) is 1.69. The first-order valence-electron chi connectivity index (χ1n) is 10.6. The Morgan fingerprint density at radius 3 is 2.70 bits per heavy atom. The number of nitrogens with zero attached hydrogens (tertiary/aromatic N) is 1. The Morgan fingerprint density at radius 2 is 1.88 bits per heavy atom. The fourth-order valence-corrected chi connectivity index (χ4v) is 5.57. The van der Waals surface area contributed by atoms with Gasteiger partial charge in [0.25, 0.3) is 0 Å². The van der Waals surface area contributed by atoms with E-state index < -0.39 is 0 Å². The first kappa shape index (κ1) is 23.6. The van der Waals surface area contributed by atoms with Crippen LogP contribution in [0.1, 0.15) is 5.56 Å². The summed E-state index contributed by atoms with van der Waals surface area (Å²) in [4.78, 5) is 13.3. The number of pyridine rings is 1. The van der Waals surface area contributed by atoms with Crippen molar-refractivity contribution < 1.29 is 30.7 Å². The van der Waals surface area contributed by atoms with Crippen molar-refractivity contribution in [3.05, 3.63) is 107 Å². The van der Waals surface area contributed by atoms with Crippen molar-refractivity contribution in [3.63, 3.8) is 0 Å². The number of nitrogens with one attached hydrogen (secondary N) is 1. The third kappa shape index (κ3) is 6.28. The number of aromatic nitrogens is 1. The summed E-state index contributed by atoms with van der Waals surface area (Å²) in [5, 5.41) is 5.00. The second kappa shape index (κ2) is 11.5. The normalized spacial score (nSPS) is 13.6. The van der Waals surface area contributed by atoms with E-state index >= 15 is 0 Å². The van der Waals surface area contributed by atoms with Gasteiger partial charge in [0.05, 0.1) is 0 Å². The molecule has 1 aliphatic heterocycles. The predicted octanol–water partition coefficient (Wildman–Crippen LogP) is 1.85. The van der Waals surface area contributed by atoms with Gasteiger partial charge in [-0.1, -0.05) is 18.2 Å². The molecule has 0 amide bonds. The van der Waals surface area contributed by atoms with Crippen molar-refractivity contribution in [1.82, 2.24) is 9.88 Å². The molecule has 3 aromatic rings. The summed E-state index contributed by atoms with van der Waals surface area (Å²) >= 11 is 6.05. The van der Waals surface area contributed by atoms with Crippen LogP contribution in [0.2, 0.25) is 5.02 Å². The maximum absolute atomic E-state index is 13.3. The summed E-state index contributed by atoms with van der Waals surface area (Å²) in [6, 6.07) is 17.2. The van der Waals surface area contributed by atoms with Crippen molar-refractivity contribution in [3.8, 4) is 5.75 Å². The van der Waals surface area contributed by atoms with E-state index in [4.69, 9.17) is 21.1 Å². The molecule has 2 heterocycles. The molecule has 2 aromatic carbocycles. The molecule has 0 spiro atoms. The van der Waals surface area contributed by atoms with E-state index in [1.54, 1.807) is 11.7 Å². The topological polar surface area (TPSA) is 52.5 Å². The number of benzene rings is 2. The van der Waals surface area contributed by atoms with Gasteiger partial charge in [-0.2, -0.15) is 0 Å². The number of methoxy groups -OCH3 is 1. The minimum absolute atomic E-state index is 0.0323. The van der Waals surface area contributed by atoms with E-state index in [-0.39, 0.29) is 26.8 Å². The second-order valence-electron chi connectivity index (χ2n) is 7.45. The van der Waals surface area contributed by atoms with Gasteiger partial charge < -0.3 is 0 Å². The molecule has 5 nitrogen and oxygen atoms in total. The van der Waals surface area contributed by atoms with Gasteiger partial charge in [-0.05, 0) is 12.1 Å². The summed E-state index contributed by atoms with van der Waals surface area (Å²) in [6.45, 7) is 1.99. The zero-order valence-electron chi connectivity index (χ0n) is 18.3. The summed E-state index contributed by atoms with van der Waals surface area (Å²) < 4.78 is 17.3. The molecule has 1 N–H and O–H groups in total. The van der Waals surface area contributed by atoms with Gasteiger partial charge in [-0.15, -0.1) is 0 Å². The van der Waals surface area contributed by atoms with Crippen molar-refractivity contribution in [2.75, 3.05) is 20.3 Å². The first-order valence-corrected chi connectivity index (χ1v) is 13.4. The Morgan fingerprint density at radius 1 is 1.03 bits per heavy atom. The van der Waals surface area contributed by atoms with E-state index in [1.807, 2.05) is 60.7 Å². The van der Waals surface area contributed by atoms with Crippen LogP contribution in [0.3, 0.4) is 0 Å². The number of halogens is 2. The van der Waals surface area contributed by atoms with Crippen LogP contribution in [0.4, 0.5) is 0 Å². The number of allylic oxidation sites excluding steroid dienone is 1. The molecule has 172 valence electrons. The van der Waals surface area contributed by atoms with Crippen molar-refractivity contribution >= 4 is 22.5 Å². The summed E-state index contributed by atoms with van der Waals surface area (Å²) in [6.07, 6.45) is 4.05. The molecule has 4 rings (SSSR count). The van der Waals surface area contributed by atoms with Gasteiger partial charge >= 0.3 is 179 Å². The monoisotopic (exact) mass is 575 g/mol. The van der Waals surface area contributed by atoms with Crippen LogP contribution in [-0.4, -0.2) is 24.8 Å². The van der Waals surface area contributed by atoms with E-state index in [0.717, 1.165) is 22.4 Å².